The fourth-order valence-corrected chi connectivity index (χ4v) is 1.58. The van der Waals surface area contributed by atoms with Crippen molar-refractivity contribution in [1.82, 2.24) is 10.6 Å². The van der Waals surface area contributed by atoms with Crippen molar-refractivity contribution in [2.24, 2.45) is 0 Å². The van der Waals surface area contributed by atoms with E-state index in [4.69, 9.17) is 9.47 Å². The van der Waals surface area contributed by atoms with E-state index in [0.29, 0.717) is 18.7 Å². The van der Waals surface area contributed by atoms with Crippen LogP contribution in [0.3, 0.4) is 0 Å². The molecular formula is C14H20ClF3N2O3. The van der Waals surface area contributed by atoms with Crippen molar-refractivity contribution in [3.8, 4) is 5.75 Å². The molecule has 1 aromatic rings. The number of carbonyl (C=O) groups excluding carboxylic acids is 1. The standard InChI is InChI=1S/C14H19F3N2O3.ClH/c1-21-7-6-18-9-13(20)19-8-11-4-2-3-5-12(11)22-10-14(15,16)17;/h2-5,18H,6-10H2,1H3,(H,19,20);1H. The molecule has 0 aliphatic heterocycles. The van der Waals surface area contributed by atoms with Gasteiger partial charge < -0.3 is 20.1 Å². The average Bonchev–Trinajstić information content (AvgIpc) is 2.47. The number of amides is 1. The maximum absolute atomic E-state index is 12.2. The monoisotopic (exact) mass is 356 g/mol. The van der Waals surface area contributed by atoms with Crippen LogP contribution in [0.25, 0.3) is 0 Å². The highest BCUT2D eigenvalue weighted by Gasteiger charge is 2.28. The Balaban J connectivity index is 0.00000484. The van der Waals surface area contributed by atoms with Gasteiger partial charge in [-0.15, -0.1) is 12.4 Å². The predicted molar refractivity (Wildman–Crippen MR) is 81.8 cm³/mol. The van der Waals surface area contributed by atoms with E-state index in [1.165, 1.54) is 6.07 Å². The summed E-state index contributed by atoms with van der Waals surface area (Å²) in [6.45, 7) is -0.138. The summed E-state index contributed by atoms with van der Waals surface area (Å²) in [6.07, 6.45) is -4.40. The highest BCUT2D eigenvalue weighted by molar-refractivity contribution is 5.85. The lowest BCUT2D eigenvalue weighted by molar-refractivity contribution is -0.153. The molecule has 132 valence electrons. The van der Waals surface area contributed by atoms with Crippen LogP contribution in [-0.4, -0.2) is 45.5 Å². The molecule has 1 aromatic carbocycles. The van der Waals surface area contributed by atoms with Gasteiger partial charge in [0.2, 0.25) is 5.91 Å². The second kappa shape index (κ2) is 11.1. The molecule has 0 aliphatic carbocycles. The topological polar surface area (TPSA) is 59.6 Å². The van der Waals surface area contributed by atoms with Gasteiger partial charge in [0, 0.05) is 25.8 Å². The maximum Gasteiger partial charge on any atom is 0.422 e. The van der Waals surface area contributed by atoms with Crippen LogP contribution >= 0.6 is 12.4 Å². The third-order valence-electron chi connectivity index (χ3n) is 2.61. The smallest absolute Gasteiger partial charge is 0.422 e. The van der Waals surface area contributed by atoms with Crippen LogP contribution in [0.1, 0.15) is 5.56 Å². The molecule has 0 saturated carbocycles. The zero-order valence-electron chi connectivity index (χ0n) is 12.6. The Labute approximate surface area is 138 Å². The van der Waals surface area contributed by atoms with Crippen molar-refractivity contribution in [2.75, 3.05) is 33.4 Å². The summed E-state index contributed by atoms with van der Waals surface area (Å²) in [4.78, 5) is 11.6. The minimum atomic E-state index is -4.40. The summed E-state index contributed by atoms with van der Waals surface area (Å²) in [5.41, 5.74) is 0.483. The van der Waals surface area contributed by atoms with E-state index in [9.17, 15) is 18.0 Å². The molecule has 0 bridgehead atoms. The highest BCUT2D eigenvalue weighted by atomic mass is 35.5. The van der Waals surface area contributed by atoms with Crippen molar-refractivity contribution in [3.63, 3.8) is 0 Å². The van der Waals surface area contributed by atoms with Crippen molar-refractivity contribution in [2.45, 2.75) is 12.7 Å². The summed E-state index contributed by atoms with van der Waals surface area (Å²) in [5, 5.41) is 5.47. The van der Waals surface area contributed by atoms with Crippen molar-refractivity contribution in [1.29, 1.82) is 0 Å². The molecule has 9 heteroatoms. The first-order valence-electron chi connectivity index (χ1n) is 6.66. The van der Waals surface area contributed by atoms with E-state index in [-0.39, 0.29) is 37.2 Å². The fourth-order valence-electron chi connectivity index (χ4n) is 1.58. The lowest BCUT2D eigenvalue weighted by Crippen LogP contribution is -2.35. The van der Waals surface area contributed by atoms with E-state index in [0.717, 1.165) is 0 Å². The Morgan fingerprint density at radius 2 is 1.96 bits per heavy atom. The Kier molecular flexibility index (Phi) is 10.4. The number of hydrogen-bond donors (Lipinski definition) is 2. The van der Waals surface area contributed by atoms with E-state index >= 15 is 0 Å². The first-order valence-corrected chi connectivity index (χ1v) is 6.66. The summed E-state index contributed by atoms with van der Waals surface area (Å²) in [6, 6.07) is 6.27. The predicted octanol–water partition coefficient (Wildman–Crippen LogP) is 1.90. The fraction of sp³-hybridized carbons (Fsp3) is 0.500. The van der Waals surface area contributed by atoms with Crippen molar-refractivity contribution < 1.29 is 27.4 Å². The van der Waals surface area contributed by atoms with Gasteiger partial charge >= 0.3 is 6.18 Å². The molecule has 23 heavy (non-hydrogen) atoms. The second-order valence-electron chi connectivity index (χ2n) is 4.46. The lowest BCUT2D eigenvalue weighted by atomic mass is 10.2. The average molecular weight is 357 g/mol. The Morgan fingerprint density at radius 3 is 2.61 bits per heavy atom. The number of ether oxygens (including phenoxy) is 2. The molecule has 0 heterocycles. The van der Waals surface area contributed by atoms with Gasteiger partial charge in [0.15, 0.2) is 6.61 Å². The van der Waals surface area contributed by atoms with Crippen LogP contribution in [0.5, 0.6) is 5.75 Å². The van der Waals surface area contributed by atoms with Gasteiger partial charge in [-0.1, -0.05) is 18.2 Å². The molecule has 5 nitrogen and oxygen atoms in total. The quantitative estimate of drug-likeness (QED) is 0.664. The Hall–Kier alpha value is -1.51. The van der Waals surface area contributed by atoms with Gasteiger partial charge in [-0.25, -0.2) is 0 Å². The normalized spacial score (nSPS) is 10.8. The van der Waals surface area contributed by atoms with Crippen LogP contribution < -0.4 is 15.4 Å². The van der Waals surface area contributed by atoms with Crippen LogP contribution in [0.15, 0.2) is 24.3 Å². The van der Waals surface area contributed by atoms with Crippen LogP contribution in [0.4, 0.5) is 13.2 Å². The molecule has 0 radical (unpaired) electrons. The van der Waals surface area contributed by atoms with Gasteiger partial charge in [-0.2, -0.15) is 13.2 Å². The van der Waals surface area contributed by atoms with E-state index < -0.39 is 12.8 Å². The summed E-state index contributed by atoms with van der Waals surface area (Å²) < 4.78 is 46.1. The van der Waals surface area contributed by atoms with Crippen LogP contribution in [0, 0.1) is 0 Å². The van der Waals surface area contributed by atoms with Crippen molar-refractivity contribution in [3.05, 3.63) is 29.8 Å². The number of carbonyl (C=O) groups is 1. The SMILES string of the molecule is COCCNCC(=O)NCc1ccccc1OCC(F)(F)F.Cl. The summed E-state index contributed by atoms with van der Waals surface area (Å²) in [7, 11) is 1.56. The van der Waals surface area contributed by atoms with E-state index in [2.05, 4.69) is 10.6 Å². The molecule has 0 aliphatic rings. The molecule has 1 rings (SSSR count). The number of para-hydroxylation sites is 1. The van der Waals surface area contributed by atoms with Gasteiger partial charge in [-0.3, -0.25) is 4.79 Å². The highest BCUT2D eigenvalue weighted by Crippen LogP contribution is 2.21. The molecule has 0 atom stereocenters. The molecular weight excluding hydrogens is 337 g/mol. The molecule has 2 N–H and O–H groups in total. The number of rotatable bonds is 9. The van der Waals surface area contributed by atoms with Crippen molar-refractivity contribution >= 4 is 18.3 Å². The molecule has 1 amide bonds. The molecule has 0 aromatic heterocycles. The number of hydrogen-bond acceptors (Lipinski definition) is 4. The number of methoxy groups -OCH3 is 1. The minimum Gasteiger partial charge on any atom is -0.484 e. The van der Waals surface area contributed by atoms with E-state index in [1.807, 2.05) is 0 Å². The lowest BCUT2D eigenvalue weighted by Gasteiger charge is -2.13. The van der Waals surface area contributed by atoms with Gasteiger partial charge in [0.1, 0.15) is 5.75 Å². The van der Waals surface area contributed by atoms with Crippen LogP contribution in [-0.2, 0) is 16.1 Å². The maximum atomic E-state index is 12.2. The van der Waals surface area contributed by atoms with Gasteiger partial charge in [0.05, 0.1) is 13.2 Å². The number of benzene rings is 1. The molecule has 0 fully saturated rings. The molecule has 0 spiro atoms. The first-order chi connectivity index (χ1) is 10.4. The first kappa shape index (κ1) is 21.5. The Morgan fingerprint density at radius 1 is 1.26 bits per heavy atom. The summed E-state index contributed by atoms with van der Waals surface area (Å²) >= 11 is 0. The zero-order valence-corrected chi connectivity index (χ0v) is 13.4. The number of alkyl halides is 3. The molecule has 0 saturated heterocycles. The number of nitrogens with one attached hydrogen (secondary N) is 2. The third kappa shape index (κ3) is 9.98. The zero-order chi connectivity index (χ0) is 16.4. The van der Waals surface area contributed by atoms with Gasteiger partial charge in [0.25, 0.3) is 0 Å². The third-order valence-corrected chi connectivity index (χ3v) is 2.61. The van der Waals surface area contributed by atoms with E-state index in [1.54, 1.807) is 25.3 Å². The number of halogens is 4. The Bertz CT molecular complexity index is 473. The second-order valence-corrected chi connectivity index (χ2v) is 4.46. The molecule has 0 unspecified atom stereocenters. The minimum absolute atomic E-state index is 0. The summed E-state index contributed by atoms with van der Waals surface area (Å²) in [5.74, 6) is -0.158. The van der Waals surface area contributed by atoms with Crippen LogP contribution in [0.2, 0.25) is 0 Å². The largest absolute Gasteiger partial charge is 0.484 e. The van der Waals surface area contributed by atoms with Gasteiger partial charge in [-0.05, 0) is 6.07 Å².